The van der Waals surface area contributed by atoms with Gasteiger partial charge in [0.15, 0.2) is 0 Å². The van der Waals surface area contributed by atoms with Crippen molar-refractivity contribution in [3.05, 3.63) is 96.2 Å². The molecule has 1 N–H and O–H groups in total. The van der Waals surface area contributed by atoms with E-state index in [0.29, 0.717) is 12.2 Å². The van der Waals surface area contributed by atoms with Crippen LogP contribution in [0.2, 0.25) is 0 Å². The van der Waals surface area contributed by atoms with E-state index in [4.69, 9.17) is 10.7 Å². The molecule has 0 atom stereocenters. The van der Waals surface area contributed by atoms with Crippen molar-refractivity contribution in [3.8, 4) is 11.1 Å². The van der Waals surface area contributed by atoms with Crippen LogP contribution in [0, 0.1) is 0 Å². The van der Waals surface area contributed by atoms with Crippen molar-refractivity contribution in [2.24, 2.45) is 4.99 Å². The Morgan fingerprint density at radius 3 is 2.39 bits per heavy atom. The molecule has 0 aliphatic carbocycles. The molecule has 0 bridgehead atoms. The summed E-state index contributed by atoms with van der Waals surface area (Å²) in [5.74, 6) is 1.02. The summed E-state index contributed by atoms with van der Waals surface area (Å²) in [6.07, 6.45) is 0.843. The molecular formula is C24H22KN3. The zero-order chi connectivity index (χ0) is 18.8. The van der Waals surface area contributed by atoms with Gasteiger partial charge in [-0.25, -0.2) is 4.99 Å². The normalized spacial score (nSPS) is 12.8. The average Bonchev–Trinajstić information content (AvgIpc) is 2.72. The molecule has 1 aliphatic rings. The molecule has 0 aromatic heterocycles. The number of hydrogen-bond acceptors (Lipinski definition) is 2. The summed E-state index contributed by atoms with van der Waals surface area (Å²) in [5.41, 5.74) is 15.0. The second-order valence-electron chi connectivity index (χ2n) is 6.68. The van der Waals surface area contributed by atoms with E-state index < -0.39 is 0 Å². The Balaban J connectivity index is 0.00000225. The molecule has 134 valence electrons. The van der Waals surface area contributed by atoms with Crippen LogP contribution in [-0.2, 0) is 6.54 Å². The number of nitrogens with one attached hydrogen (secondary N) is 1. The van der Waals surface area contributed by atoms with Crippen molar-refractivity contribution in [1.82, 2.24) is 4.90 Å². The third-order valence-electron chi connectivity index (χ3n) is 4.93. The van der Waals surface area contributed by atoms with Crippen LogP contribution in [0.3, 0.4) is 0 Å². The minimum Gasteiger partial charge on any atom is -0.698 e. The molecule has 0 radical (unpaired) electrons. The van der Waals surface area contributed by atoms with Gasteiger partial charge in [-0.1, -0.05) is 80.2 Å². The third-order valence-corrected chi connectivity index (χ3v) is 4.93. The Bertz CT molecular complexity index is 1030. The number of hydrogen-bond donors (Lipinski definition) is 0. The van der Waals surface area contributed by atoms with Crippen molar-refractivity contribution < 1.29 is 51.4 Å². The summed E-state index contributed by atoms with van der Waals surface area (Å²) in [4.78, 5) is 7.03. The second-order valence-corrected chi connectivity index (χ2v) is 6.68. The summed E-state index contributed by atoms with van der Waals surface area (Å²) in [7, 11) is 0. The molecule has 0 saturated carbocycles. The van der Waals surface area contributed by atoms with Gasteiger partial charge in [-0.2, -0.15) is 0 Å². The molecule has 3 aromatic rings. The average molecular weight is 392 g/mol. The van der Waals surface area contributed by atoms with Gasteiger partial charge in [0.2, 0.25) is 0 Å². The van der Waals surface area contributed by atoms with E-state index in [1.54, 1.807) is 0 Å². The number of aliphatic imine (C=N–C) groups is 1. The molecule has 4 rings (SSSR count). The number of rotatable bonds is 4. The summed E-state index contributed by atoms with van der Waals surface area (Å²) in [6, 6.07) is 24.3. The molecule has 1 heterocycles. The van der Waals surface area contributed by atoms with Gasteiger partial charge in [-0.3, -0.25) is 0 Å². The Morgan fingerprint density at radius 1 is 0.929 bits per heavy atom. The van der Waals surface area contributed by atoms with Crippen LogP contribution in [0.5, 0.6) is 0 Å². The Hall–Kier alpha value is -1.69. The topological polar surface area (TPSA) is 39.4 Å². The van der Waals surface area contributed by atoms with E-state index in [1.165, 1.54) is 0 Å². The fraction of sp³-hybridized carbons (Fsp3) is 0.125. The van der Waals surface area contributed by atoms with Crippen molar-refractivity contribution in [1.29, 1.82) is 0 Å². The van der Waals surface area contributed by atoms with Crippen LogP contribution >= 0.6 is 0 Å². The summed E-state index contributed by atoms with van der Waals surface area (Å²) in [6.45, 7) is 7.15. The van der Waals surface area contributed by atoms with Crippen LogP contribution in [-0.4, -0.2) is 10.7 Å². The first-order chi connectivity index (χ1) is 13.2. The van der Waals surface area contributed by atoms with Gasteiger partial charge in [-0.05, 0) is 22.8 Å². The molecular weight excluding hydrogens is 369 g/mol. The smallest absolute Gasteiger partial charge is 0.698 e. The molecule has 0 saturated heterocycles. The molecule has 0 spiro atoms. The van der Waals surface area contributed by atoms with Crippen molar-refractivity contribution in [3.63, 3.8) is 0 Å². The maximum Gasteiger partial charge on any atom is 1.00 e. The molecule has 0 amide bonds. The predicted molar refractivity (Wildman–Crippen MR) is 114 cm³/mol. The Labute approximate surface area is 209 Å². The first-order valence-electron chi connectivity index (χ1n) is 9.20. The maximum absolute atomic E-state index is 8.28. The standard InChI is InChI=1S/C24H22N3.K/c1-3-24-26-23-12-8-7-11-20(23)17(2)27(24)16-18-13-14-22(25)21(15-18)19-9-5-4-6-10-19;/h4-15,25H,2-3,16H2,1H3;/q-1;+1. The van der Waals surface area contributed by atoms with Crippen molar-refractivity contribution in [2.75, 3.05) is 0 Å². The fourth-order valence-corrected chi connectivity index (χ4v) is 3.50. The van der Waals surface area contributed by atoms with Gasteiger partial charge < -0.3 is 10.6 Å². The van der Waals surface area contributed by atoms with Crippen molar-refractivity contribution >= 4 is 22.9 Å². The minimum atomic E-state index is 0. The predicted octanol–water partition coefficient (Wildman–Crippen LogP) is 3.97. The van der Waals surface area contributed by atoms with Gasteiger partial charge in [0.05, 0.1) is 5.69 Å². The van der Waals surface area contributed by atoms with Gasteiger partial charge in [0.25, 0.3) is 0 Å². The second kappa shape index (κ2) is 9.20. The Morgan fingerprint density at radius 2 is 1.64 bits per heavy atom. The van der Waals surface area contributed by atoms with Gasteiger partial charge in [0, 0.05) is 24.2 Å². The van der Waals surface area contributed by atoms with Crippen LogP contribution in [0.15, 0.2) is 84.4 Å². The summed E-state index contributed by atoms with van der Waals surface area (Å²) in [5, 5.41) is 0. The van der Waals surface area contributed by atoms with E-state index in [9.17, 15) is 0 Å². The van der Waals surface area contributed by atoms with E-state index in [1.807, 2.05) is 60.7 Å². The number of benzene rings is 3. The zero-order valence-corrected chi connectivity index (χ0v) is 19.6. The minimum absolute atomic E-state index is 0. The third kappa shape index (κ3) is 4.16. The number of nitrogens with zero attached hydrogens (tertiary/aromatic N) is 2. The fourth-order valence-electron chi connectivity index (χ4n) is 3.50. The van der Waals surface area contributed by atoms with Crippen LogP contribution < -0.4 is 51.4 Å². The van der Waals surface area contributed by atoms with Gasteiger partial charge >= 0.3 is 51.4 Å². The quantitative estimate of drug-likeness (QED) is 0.620. The van der Waals surface area contributed by atoms with E-state index >= 15 is 0 Å². The monoisotopic (exact) mass is 391 g/mol. The number of amidine groups is 1. The SMILES string of the molecule is C=C1c2ccccc2N=C(CC)N1Cc1ccc([NH-])c(-c2ccccc2)c1.[K+]. The first kappa shape index (κ1) is 21.0. The van der Waals surface area contributed by atoms with Crippen molar-refractivity contribution in [2.45, 2.75) is 19.9 Å². The van der Waals surface area contributed by atoms with E-state index in [2.05, 4.69) is 30.5 Å². The molecule has 4 heteroatoms. The van der Waals surface area contributed by atoms with Gasteiger partial charge in [-0.15, -0.1) is 5.69 Å². The first-order valence-corrected chi connectivity index (χ1v) is 9.20. The number of para-hydroxylation sites is 1. The Kier molecular flexibility index (Phi) is 6.91. The molecule has 28 heavy (non-hydrogen) atoms. The summed E-state index contributed by atoms with van der Waals surface area (Å²) < 4.78 is 0. The zero-order valence-electron chi connectivity index (χ0n) is 16.4. The molecule has 0 unspecified atom stereocenters. The van der Waals surface area contributed by atoms with Crippen LogP contribution in [0.1, 0.15) is 24.5 Å². The molecule has 0 fully saturated rings. The summed E-state index contributed by atoms with van der Waals surface area (Å²) >= 11 is 0. The maximum atomic E-state index is 8.28. The number of fused-ring (bicyclic) bond motifs is 1. The van der Waals surface area contributed by atoms with Crippen LogP contribution in [0.25, 0.3) is 22.6 Å². The largest absolute Gasteiger partial charge is 1.00 e. The van der Waals surface area contributed by atoms with Gasteiger partial charge in [0.1, 0.15) is 5.84 Å². The molecule has 3 aromatic carbocycles. The molecule has 1 aliphatic heterocycles. The molecule has 3 nitrogen and oxygen atoms in total. The van der Waals surface area contributed by atoms with E-state index in [0.717, 1.165) is 45.9 Å². The van der Waals surface area contributed by atoms with E-state index in [-0.39, 0.29) is 51.4 Å². The van der Waals surface area contributed by atoms with Crippen LogP contribution in [0.4, 0.5) is 11.4 Å².